The van der Waals surface area contributed by atoms with Gasteiger partial charge in [-0.2, -0.15) is 0 Å². The normalized spacial score (nSPS) is 17.0. The number of rotatable bonds is 2. The Balaban J connectivity index is 1.95. The summed E-state index contributed by atoms with van der Waals surface area (Å²) >= 11 is 1.30. The van der Waals surface area contributed by atoms with E-state index in [0.717, 1.165) is 4.88 Å². The minimum absolute atomic E-state index is 0.0637. The number of thiophene rings is 1. The van der Waals surface area contributed by atoms with Crippen molar-refractivity contribution < 1.29 is 19.4 Å². The van der Waals surface area contributed by atoms with Crippen molar-refractivity contribution >= 4 is 23.3 Å². The highest BCUT2D eigenvalue weighted by molar-refractivity contribution is 7.14. The van der Waals surface area contributed by atoms with Crippen LogP contribution in [0.25, 0.3) is 0 Å². The number of ether oxygens (including phenoxy) is 1. The number of methoxy groups -OCH3 is 1. The maximum atomic E-state index is 12.3. The van der Waals surface area contributed by atoms with Gasteiger partial charge in [-0.05, 0) is 18.6 Å². The molecule has 1 saturated heterocycles. The Labute approximate surface area is 126 Å². The maximum absolute atomic E-state index is 12.3. The van der Waals surface area contributed by atoms with Gasteiger partial charge in [-0.15, -0.1) is 11.3 Å². The van der Waals surface area contributed by atoms with Gasteiger partial charge in [0.2, 0.25) is 0 Å². The molecule has 2 amide bonds. The summed E-state index contributed by atoms with van der Waals surface area (Å²) in [6, 6.07) is 3.42. The molecule has 0 radical (unpaired) electrons. The Morgan fingerprint density at radius 3 is 3.10 bits per heavy atom. The van der Waals surface area contributed by atoms with E-state index in [4.69, 9.17) is 5.11 Å². The Morgan fingerprint density at radius 2 is 2.38 bits per heavy atom. The average molecular weight is 308 g/mol. The molecule has 1 atom stereocenters. The van der Waals surface area contributed by atoms with Gasteiger partial charge in [-0.1, -0.05) is 11.8 Å². The van der Waals surface area contributed by atoms with Crippen LogP contribution in [-0.4, -0.2) is 54.9 Å². The number of hydrogen-bond acceptors (Lipinski definition) is 5. The molecule has 7 heteroatoms. The summed E-state index contributed by atoms with van der Waals surface area (Å²) in [7, 11) is 1.31. The van der Waals surface area contributed by atoms with E-state index in [1.54, 1.807) is 17.0 Å². The molecule has 1 aliphatic rings. The van der Waals surface area contributed by atoms with Gasteiger partial charge in [0.1, 0.15) is 6.61 Å². The predicted octanol–water partition coefficient (Wildman–Crippen LogP) is 0.662. The fourth-order valence-corrected chi connectivity index (χ4v) is 2.94. The number of hydrogen-bond donors (Lipinski definition) is 2. The summed E-state index contributed by atoms with van der Waals surface area (Å²) in [5, 5.41) is 11.3. The molecule has 1 fully saturated rings. The summed E-state index contributed by atoms with van der Waals surface area (Å²) in [6.07, 6.45) is 0.232. The first kappa shape index (κ1) is 15.4. The molecule has 0 bridgehead atoms. The van der Waals surface area contributed by atoms with Crippen molar-refractivity contribution in [3.63, 3.8) is 0 Å². The van der Waals surface area contributed by atoms with Gasteiger partial charge in [0, 0.05) is 13.1 Å². The molecule has 2 N–H and O–H groups in total. The van der Waals surface area contributed by atoms with Crippen LogP contribution in [-0.2, 0) is 4.74 Å². The largest absolute Gasteiger partial charge is 0.453 e. The second-order valence-electron chi connectivity index (χ2n) is 4.50. The highest BCUT2D eigenvalue weighted by atomic mass is 32.1. The number of aliphatic hydroxyl groups excluding tert-OH is 1. The first-order valence-corrected chi connectivity index (χ1v) is 7.29. The van der Waals surface area contributed by atoms with Gasteiger partial charge in [0.25, 0.3) is 5.91 Å². The van der Waals surface area contributed by atoms with Crippen LogP contribution in [0.1, 0.15) is 21.0 Å². The van der Waals surface area contributed by atoms with E-state index in [0.29, 0.717) is 24.4 Å². The highest BCUT2D eigenvalue weighted by Crippen LogP contribution is 2.20. The van der Waals surface area contributed by atoms with Gasteiger partial charge in [0.05, 0.1) is 22.9 Å². The molecule has 0 aromatic carbocycles. The zero-order valence-corrected chi connectivity index (χ0v) is 12.4. The summed E-state index contributed by atoms with van der Waals surface area (Å²) in [4.78, 5) is 26.5. The summed E-state index contributed by atoms with van der Waals surface area (Å²) < 4.78 is 4.55. The van der Waals surface area contributed by atoms with Crippen LogP contribution in [0.3, 0.4) is 0 Å². The van der Waals surface area contributed by atoms with Crippen LogP contribution in [0.2, 0.25) is 0 Å². The van der Waals surface area contributed by atoms with Crippen LogP contribution in [0.15, 0.2) is 12.1 Å². The topological polar surface area (TPSA) is 78.9 Å². The molecule has 112 valence electrons. The van der Waals surface area contributed by atoms with E-state index < -0.39 is 6.09 Å². The van der Waals surface area contributed by atoms with Crippen molar-refractivity contribution in [1.82, 2.24) is 10.2 Å². The monoisotopic (exact) mass is 308 g/mol. The van der Waals surface area contributed by atoms with Gasteiger partial charge in [-0.3, -0.25) is 4.79 Å². The van der Waals surface area contributed by atoms with Crippen molar-refractivity contribution in [2.75, 3.05) is 26.8 Å². The number of nitrogens with zero attached hydrogens (tertiary/aromatic N) is 1. The molecule has 1 aliphatic heterocycles. The molecule has 21 heavy (non-hydrogen) atoms. The first-order chi connectivity index (χ1) is 10.1. The van der Waals surface area contributed by atoms with E-state index in [-0.39, 0.29) is 18.6 Å². The van der Waals surface area contributed by atoms with Crippen LogP contribution < -0.4 is 5.32 Å². The maximum Gasteiger partial charge on any atom is 0.407 e. The number of carbonyl (C=O) groups is 2. The van der Waals surface area contributed by atoms with E-state index in [1.807, 2.05) is 0 Å². The van der Waals surface area contributed by atoms with Crippen LogP contribution in [0.4, 0.5) is 4.79 Å². The standard InChI is InChI=1S/C14H16N2O4S/c1-20-14(19)15-10-6-7-16(9-10)13(18)12-5-4-11(21-12)3-2-8-17/h4-5,10,17H,6-9H2,1H3,(H,15,19). The number of carbonyl (C=O) groups excluding carboxylic acids is 2. The third kappa shape index (κ3) is 3.97. The smallest absolute Gasteiger partial charge is 0.407 e. The lowest BCUT2D eigenvalue weighted by atomic mass is 10.3. The summed E-state index contributed by atoms with van der Waals surface area (Å²) in [5.41, 5.74) is 0. The van der Waals surface area contributed by atoms with Crippen LogP contribution in [0.5, 0.6) is 0 Å². The molecule has 6 nitrogen and oxygen atoms in total. The van der Waals surface area contributed by atoms with E-state index >= 15 is 0 Å². The molecule has 2 rings (SSSR count). The lowest BCUT2D eigenvalue weighted by molar-refractivity contribution is 0.0793. The van der Waals surface area contributed by atoms with Crippen molar-refractivity contribution in [1.29, 1.82) is 0 Å². The predicted molar refractivity (Wildman–Crippen MR) is 78.1 cm³/mol. The van der Waals surface area contributed by atoms with Crippen LogP contribution >= 0.6 is 11.3 Å². The third-order valence-electron chi connectivity index (χ3n) is 3.09. The SMILES string of the molecule is COC(=O)NC1CCN(C(=O)c2ccc(C#CCO)s2)C1. The van der Waals surface area contributed by atoms with Crippen LogP contribution in [0, 0.1) is 11.8 Å². The summed E-state index contributed by atoms with van der Waals surface area (Å²) in [6.45, 7) is 0.876. The number of amides is 2. The van der Waals surface area contributed by atoms with Crippen molar-refractivity contribution in [2.45, 2.75) is 12.5 Å². The van der Waals surface area contributed by atoms with Crippen molar-refractivity contribution in [3.8, 4) is 11.8 Å². The average Bonchev–Trinajstić information content (AvgIpc) is 3.13. The van der Waals surface area contributed by atoms with Gasteiger partial charge in [-0.25, -0.2) is 4.79 Å². The minimum Gasteiger partial charge on any atom is -0.453 e. The number of alkyl carbamates (subject to hydrolysis) is 1. The highest BCUT2D eigenvalue weighted by Gasteiger charge is 2.28. The molecule has 0 spiro atoms. The Kier molecular flexibility index (Phi) is 5.20. The molecule has 2 heterocycles. The molecule has 1 aromatic rings. The van der Waals surface area contributed by atoms with Crippen molar-refractivity contribution in [3.05, 3.63) is 21.9 Å². The summed E-state index contributed by atoms with van der Waals surface area (Å²) in [5.74, 6) is 5.26. The number of aliphatic hydroxyl groups is 1. The molecule has 0 aliphatic carbocycles. The van der Waals surface area contributed by atoms with E-state index in [1.165, 1.54) is 18.4 Å². The Hall–Kier alpha value is -2.04. The lowest BCUT2D eigenvalue weighted by Gasteiger charge is -2.15. The molecule has 1 aromatic heterocycles. The zero-order chi connectivity index (χ0) is 15.2. The minimum atomic E-state index is -0.480. The Bertz CT molecular complexity index is 587. The van der Waals surface area contributed by atoms with Crippen molar-refractivity contribution in [2.24, 2.45) is 0 Å². The molecular weight excluding hydrogens is 292 g/mol. The molecule has 1 unspecified atom stereocenters. The number of likely N-dealkylation sites (tertiary alicyclic amines) is 1. The fraction of sp³-hybridized carbons (Fsp3) is 0.429. The van der Waals surface area contributed by atoms with Gasteiger partial charge >= 0.3 is 6.09 Å². The Morgan fingerprint density at radius 1 is 1.57 bits per heavy atom. The lowest BCUT2D eigenvalue weighted by Crippen LogP contribution is -2.38. The number of nitrogens with one attached hydrogen (secondary N) is 1. The van der Waals surface area contributed by atoms with E-state index in [2.05, 4.69) is 21.9 Å². The fourth-order valence-electron chi connectivity index (χ4n) is 2.09. The van der Waals surface area contributed by atoms with E-state index in [9.17, 15) is 9.59 Å². The second-order valence-corrected chi connectivity index (χ2v) is 5.58. The quantitative estimate of drug-likeness (QED) is 0.787. The molecular formula is C14H16N2O4S. The van der Waals surface area contributed by atoms with Gasteiger partial charge in [0.15, 0.2) is 0 Å². The van der Waals surface area contributed by atoms with Gasteiger partial charge < -0.3 is 20.1 Å². The molecule has 0 saturated carbocycles. The second kappa shape index (κ2) is 7.11. The first-order valence-electron chi connectivity index (χ1n) is 6.47. The third-order valence-corrected chi connectivity index (χ3v) is 4.08. The zero-order valence-electron chi connectivity index (χ0n) is 11.6.